The molecule has 0 aliphatic heterocycles. The fourth-order valence-corrected chi connectivity index (χ4v) is 1.10. The van der Waals surface area contributed by atoms with Crippen LogP contribution in [0.1, 0.15) is 23.5 Å². The fraction of sp³-hybridized carbons (Fsp3) is 0.500. The zero-order chi connectivity index (χ0) is 11.3. The summed E-state index contributed by atoms with van der Waals surface area (Å²) >= 11 is 0. The highest BCUT2D eigenvalue weighted by molar-refractivity contribution is 5.92. The average molecular weight is 212 g/mol. The van der Waals surface area contributed by atoms with Gasteiger partial charge in [0.15, 0.2) is 11.6 Å². The first-order chi connectivity index (χ1) is 7.11. The van der Waals surface area contributed by atoms with Gasteiger partial charge in [-0.1, -0.05) is 0 Å². The van der Waals surface area contributed by atoms with Crippen LogP contribution in [0.2, 0.25) is 0 Å². The Bertz CT molecular complexity index is 361. The number of ketones is 1. The third kappa shape index (κ3) is 3.37. The highest BCUT2D eigenvalue weighted by Crippen LogP contribution is 1.99. The molecule has 0 aromatic carbocycles. The monoisotopic (exact) mass is 212 g/mol. The van der Waals surface area contributed by atoms with Crippen molar-refractivity contribution >= 4 is 11.9 Å². The molecule has 0 spiro atoms. The van der Waals surface area contributed by atoms with Crippen LogP contribution in [0.3, 0.4) is 0 Å². The lowest BCUT2D eigenvalue weighted by Gasteiger charge is -2.00. The van der Waals surface area contributed by atoms with Crippen molar-refractivity contribution < 1.29 is 14.7 Å². The molecule has 0 unspecified atom stereocenters. The summed E-state index contributed by atoms with van der Waals surface area (Å²) in [6.07, 6.45) is 0.939. The van der Waals surface area contributed by atoms with E-state index in [0.717, 1.165) is 0 Å². The SMILES string of the molecule is Cn1ncnc1C(=O)CCCNC(=O)O. The second-order valence-electron chi connectivity index (χ2n) is 2.97. The number of hydrogen-bond acceptors (Lipinski definition) is 4. The van der Waals surface area contributed by atoms with E-state index in [1.54, 1.807) is 7.05 Å². The predicted molar refractivity (Wildman–Crippen MR) is 50.6 cm³/mol. The second-order valence-corrected chi connectivity index (χ2v) is 2.97. The summed E-state index contributed by atoms with van der Waals surface area (Å²) in [5.74, 6) is 0.160. The summed E-state index contributed by atoms with van der Waals surface area (Å²) in [5.41, 5.74) is 0. The van der Waals surface area contributed by atoms with Crippen LogP contribution < -0.4 is 5.32 Å². The molecule has 0 fully saturated rings. The molecule has 0 aliphatic rings. The van der Waals surface area contributed by atoms with E-state index in [2.05, 4.69) is 15.4 Å². The number of carbonyl (C=O) groups is 2. The van der Waals surface area contributed by atoms with E-state index in [1.807, 2.05) is 0 Å². The minimum Gasteiger partial charge on any atom is -0.465 e. The number of Topliss-reactive ketones (excluding diaryl/α,β-unsaturated/α-hetero) is 1. The minimum absolute atomic E-state index is 0.137. The van der Waals surface area contributed by atoms with E-state index < -0.39 is 6.09 Å². The summed E-state index contributed by atoms with van der Waals surface area (Å²) in [5, 5.41) is 14.2. The van der Waals surface area contributed by atoms with E-state index in [-0.39, 0.29) is 18.7 Å². The molecule has 0 saturated carbocycles. The van der Waals surface area contributed by atoms with Gasteiger partial charge >= 0.3 is 6.09 Å². The summed E-state index contributed by atoms with van der Waals surface area (Å²) in [6.45, 7) is 0.263. The maximum atomic E-state index is 11.5. The van der Waals surface area contributed by atoms with Gasteiger partial charge in [0, 0.05) is 20.0 Å². The van der Waals surface area contributed by atoms with E-state index in [1.165, 1.54) is 11.0 Å². The Hall–Kier alpha value is -1.92. The predicted octanol–water partition coefficient (Wildman–Crippen LogP) is 0.0456. The molecule has 1 rings (SSSR count). The van der Waals surface area contributed by atoms with Gasteiger partial charge in [0.1, 0.15) is 6.33 Å². The zero-order valence-electron chi connectivity index (χ0n) is 8.30. The molecule has 7 nitrogen and oxygen atoms in total. The second kappa shape index (κ2) is 5.08. The van der Waals surface area contributed by atoms with Crippen molar-refractivity contribution in [3.63, 3.8) is 0 Å². The number of aromatic nitrogens is 3. The van der Waals surface area contributed by atoms with Gasteiger partial charge < -0.3 is 10.4 Å². The molecular formula is C8H12N4O3. The quantitative estimate of drug-likeness (QED) is 0.530. The van der Waals surface area contributed by atoms with Gasteiger partial charge in [-0.25, -0.2) is 14.5 Å². The number of aryl methyl sites for hydroxylation is 1. The molecular weight excluding hydrogens is 200 g/mol. The average Bonchev–Trinajstić information content (AvgIpc) is 2.58. The topological polar surface area (TPSA) is 97.1 Å². The van der Waals surface area contributed by atoms with Gasteiger partial charge in [0.05, 0.1) is 0 Å². The van der Waals surface area contributed by atoms with Crippen LogP contribution in [-0.2, 0) is 7.05 Å². The standard InChI is InChI=1S/C8H12N4O3/c1-12-7(10-5-11-12)6(13)3-2-4-9-8(14)15/h5,9H,2-4H2,1H3,(H,14,15). The Morgan fingerprint density at radius 3 is 2.87 bits per heavy atom. The molecule has 15 heavy (non-hydrogen) atoms. The number of nitrogens with one attached hydrogen (secondary N) is 1. The molecule has 7 heteroatoms. The van der Waals surface area contributed by atoms with Gasteiger partial charge in [0.25, 0.3) is 0 Å². The number of hydrogen-bond donors (Lipinski definition) is 2. The summed E-state index contributed by atoms with van der Waals surface area (Å²) < 4.78 is 1.40. The molecule has 2 N–H and O–H groups in total. The molecule has 82 valence electrons. The first-order valence-electron chi connectivity index (χ1n) is 4.45. The van der Waals surface area contributed by atoms with Crippen molar-refractivity contribution in [1.82, 2.24) is 20.1 Å². The molecule has 0 saturated heterocycles. The van der Waals surface area contributed by atoms with Crippen molar-refractivity contribution in [2.75, 3.05) is 6.54 Å². The molecule has 1 amide bonds. The van der Waals surface area contributed by atoms with Crippen LogP contribution in [0, 0.1) is 0 Å². The first-order valence-corrected chi connectivity index (χ1v) is 4.45. The lowest BCUT2D eigenvalue weighted by Crippen LogP contribution is -2.22. The van der Waals surface area contributed by atoms with Crippen LogP contribution in [-0.4, -0.2) is 38.3 Å². The van der Waals surface area contributed by atoms with Crippen LogP contribution in [0.15, 0.2) is 6.33 Å². The largest absolute Gasteiger partial charge is 0.465 e. The Labute approximate surface area is 86.1 Å². The lowest BCUT2D eigenvalue weighted by atomic mass is 10.2. The van der Waals surface area contributed by atoms with Crippen LogP contribution in [0.4, 0.5) is 4.79 Å². The van der Waals surface area contributed by atoms with Crippen molar-refractivity contribution in [3.8, 4) is 0 Å². The highest BCUT2D eigenvalue weighted by Gasteiger charge is 2.10. The summed E-state index contributed by atoms with van der Waals surface area (Å²) in [7, 11) is 1.63. The smallest absolute Gasteiger partial charge is 0.404 e. The van der Waals surface area contributed by atoms with Gasteiger partial charge in [0.2, 0.25) is 0 Å². The molecule has 1 aromatic rings. The zero-order valence-corrected chi connectivity index (χ0v) is 8.30. The third-order valence-corrected chi connectivity index (χ3v) is 1.82. The molecule has 0 aliphatic carbocycles. The Morgan fingerprint density at radius 1 is 1.60 bits per heavy atom. The van der Waals surface area contributed by atoms with Crippen molar-refractivity contribution in [3.05, 3.63) is 12.2 Å². The minimum atomic E-state index is -1.08. The number of carbonyl (C=O) groups excluding carboxylic acids is 1. The summed E-state index contributed by atoms with van der Waals surface area (Å²) in [6, 6.07) is 0. The molecule has 0 bridgehead atoms. The Balaban J connectivity index is 2.31. The fourth-order valence-electron chi connectivity index (χ4n) is 1.10. The van der Waals surface area contributed by atoms with Gasteiger partial charge in [-0.3, -0.25) is 4.79 Å². The first kappa shape index (κ1) is 11.2. The van der Waals surface area contributed by atoms with Gasteiger partial charge in [-0.15, -0.1) is 0 Å². The Kier molecular flexibility index (Phi) is 3.78. The van der Waals surface area contributed by atoms with E-state index in [0.29, 0.717) is 12.2 Å². The highest BCUT2D eigenvalue weighted by atomic mass is 16.4. The maximum Gasteiger partial charge on any atom is 0.404 e. The van der Waals surface area contributed by atoms with Crippen molar-refractivity contribution in [2.24, 2.45) is 7.05 Å². The maximum absolute atomic E-state index is 11.5. The number of rotatable bonds is 5. The van der Waals surface area contributed by atoms with Gasteiger partial charge in [-0.05, 0) is 6.42 Å². The van der Waals surface area contributed by atoms with Crippen LogP contribution in [0.25, 0.3) is 0 Å². The van der Waals surface area contributed by atoms with E-state index in [4.69, 9.17) is 5.11 Å². The van der Waals surface area contributed by atoms with Crippen LogP contribution in [0.5, 0.6) is 0 Å². The summed E-state index contributed by atoms with van der Waals surface area (Å²) in [4.78, 5) is 25.4. The molecule has 1 aromatic heterocycles. The normalized spacial score (nSPS) is 9.93. The number of carboxylic acid groups (broad SMARTS) is 1. The van der Waals surface area contributed by atoms with Crippen molar-refractivity contribution in [2.45, 2.75) is 12.8 Å². The molecule has 0 atom stereocenters. The lowest BCUT2D eigenvalue weighted by molar-refractivity contribution is 0.0965. The van der Waals surface area contributed by atoms with Crippen LogP contribution >= 0.6 is 0 Å². The number of nitrogens with zero attached hydrogens (tertiary/aromatic N) is 3. The van der Waals surface area contributed by atoms with Gasteiger partial charge in [-0.2, -0.15) is 5.10 Å². The number of amides is 1. The van der Waals surface area contributed by atoms with E-state index >= 15 is 0 Å². The Morgan fingerprint density at radius 2 is 2.33 bits per heavy atom. The third-order valence-electron chi connectivity index (χ3n) is 1.82. The molecule has 0 radical (unpaired) electrons. The van der Waals surface area contributed by atoms with Crippen molar-refractivity contribution in [1.29, 1.82) is 0 Å². The van der Waals surface area contributed by atoms with E-state index in [9.17, 15) is 9.59 Å². The molecule has 1 heterocycles.